The largest absolute Gasteiger partial charge is 0.493 e. The number of aromatic hydroxyl groups is 1. The van der Waals surface area contributed by atoms with Crippen LogP contribution in [0.5, 0.6) is 11.6 Å². The molecule has 0 bridgehead atoms. The van der Waals surface area contributed by atoms with Crippen LogP contribution in [-0.2, 0) is 0 Å². The van der Waals surface area contributed by atoms with Gasteiger partial charge in [-0.2, -0.15) is 0 Å². The Labute approximate surface area is 108 Å². The highest BCUT2D eigenvalue weighted by Gasteiger charge is 2.41. The number of pyridine rings is 1. The Bertz CT molecular complexity index is 503. The number of nitrogens with zero attached hydrogens (tertiary/aromatic N) is 2. The highest BCUT2D eigenvalue weighted by molar-refractivity contribution is 5.99. The molecule has 4 nitrogen and oxygen atoms in total. The lowest BCUT2D eigenvalue weighted by Gasteiger charge is -2.40. The molecule has 4 heteroatoms. The molecule has 0 aliphatic carbocycles. The fourth-order valence-corrected chi connectivity index (χ4v) is 1.79. The summed E-state index contributed by atoms with van der Waals surface area (Å²) >= 11 is 0. The van der Waals surface area contributed by atoms with E-state index in [1.165, 1.54) is 0 Å². The molecule has 1 aliphatic heterocycles. The molecule has 1 aromatic rings. The lowest BCUT2D eigenvalue weighted by atomic mass is 9.77. The summed E-state index contributed by atoms with van der Waals surface area (Å²) in [6.07, 6.45) is 0. The minimum atomic E-state index is -0.391. The van der Waals surface area contributed by atoms with E-state index in [9.17, 15) is 5.11 Å². The third kappa shape index (κ3) is 2.07. The molecular weight excluding hydrogens is 228 g/mol. The Morgan fingerprint density at radius 3 is 2.61 bits per heavy atom. The monoisotopic (exact) mass is 248 g/mol. The predicted molar refractivity (Wildman–Crippen MR) is 71.5 cm³/mol. The average molecular weight is 248 g/mol. The second-order valence-electron chi connectivity index (χ2n) is 6.00. The quantitative estimate of drug-likeness (QED) is 0.768. The van der Waals surface area contributed by atoms with Crippen molar-refractivity contribution in [3.05, 3.63) is 17.8 Å². The van der Waals surface area contributed by atoms with E-state index in [0.717, 1.165) is 5.71 Å². The Morgan fingerprint density at radius 1 is 1.33 bits per heavy atom. The molecule has 0 fully saturated rings. The van der Waals surface area contributed by atoms with Crippen LogP contribution in [0.2, 0.25) is 0 Å². The number of aromatic nitrogens is 1. The fourth-order valence-electron chi connectivity index (χ4n) is 1.79. The van der Waals surface area contributed by atoms with Gasteiger partial charge in [-0.3, -0.25) is 4.99 Å². The summed E-state index contributed by atoms with van der Waals surface area (Å²) < 4.78 is 6.15. The van der Waals surface area contributed by atoms with Crippen molar-refractivity contribution in [1.29, 1.82) is 0 Å². The summed E-state index contributed by atoms with van der Waals surface area (Å²) in [5.41, 5.74) is 0.992. The molecule has 0 amide bonds. The van der Waals surface area contributed by atoms with Crippen LogP contribution >= 0.6 is 0 Å². The lowest BCUT2D eigenvalue weighted by Crippen LogP contribution is -2.47. The molecule has 0 radical (unpaired) electrons. The van der Waals surface area contributed by atoms with Crippen LogP contribution in [0.4, 0.5) is 0 Å². The SMILES string of the molecule is CC1=NC[C@@](C)(C(C)(C)C)Oc2ccc(O)nc21. The lowest BCUT2D eigenvalue weighted by molar-refractivity contribution is -0.00678. The minimum absolute atomic E-state index is 0.00809. The third-order valence-corrected chi connectivity index (χ3v) is 3.73. The van der Waals surface area contributed by atoms with Crippen molar-refractivity contribution in [2.24, 2.45) is 10.4 Å². The Balaban J connectivity index is 2.53. The van der Waals surface area contributed by atoms with Gasteiger partial charge in [0.05, 0.1) is 12.3 Å². The van der Waals surface area contributed by atoms with Gasteiger partial charge in [0.25, 0.3) is 0 Å². The molecular formula is C14H20N2O2. The highest BCUT2D eigenvalue weighted by atomic mass is 16.5. The molecule has 1 aliphatic rings. The van der Waals surface area contributed by atoms with E-state index < -0.39 is 5.60 Å². The van der Waals surface area contributed by atoms with Crippen molar-refractivity contribution in [2.75, 3.05) is 6.54 Å². The number of hydrogen-bond donors (Lipinski definition) is 1. The highest BCUT2D eigenvalue weighted by Crippen LogP contribution is 2.38. The standard InChI is InChI=1S/C14H20N2O2/c1-9-12-10(6-7-11(17)16-12)18-14(5,8-15-9)13(2,3)4/h6-7H,8H2,1-5H3,(H,16,17)/t14-/m0/s1. The first-order valence-electron chi connectivity index (χ1n) is 6.13. The normalized spacial score (nSPS) is 23.7. The maximum atomic E-state index is 9.47. The van der Waals surface area contributed by atoms with Gasteiger partial charge in [0, 0.05) is 11.5 Å². The summed E-state index contributed by atoms with van der Waals surface area (Å²) in [7, 11) is 0. The van der Waals surface area contributed by atoms with Gasteiger partial charge in [0.15, 0.2) is 0 Å². The zero-order chi connectivity index (χ0) is 13.6. The molecule has 98 valence electrons. The van der Waals surface area contributed by atoms with Gasteiger partial charge in [0.1, 0.15) is 17.0 Å². The number of rotatable bonds is 0. The van der Waals surface area contributed by atoms with E-state index in [1.807, 2.05) is 6.92 Å². The van der Waals surface area contributed by atoms with Crippen molar-refractivity contribution in [3.63, 3.8) is 0 Å². The number of ether oxygens (including phenoxy) is 1. The van der Waals surface area contributed by atoms with Gasteiger partial charge >= 0.3 is 0 Å². The molecule has 2 rings (SSSR count). The van der Waals surface area contributed by atoms with Gasteiger partial charge < -0.3 is 9.84 Å². The van der Waals surface area contributed by atoms with E-state index in [2.05, 4.69) is 37.7 Å². The molecule has 0 spiro atoms. The molecule has 0 unspecified atom stereocenters. The van der Waals surface area contributed by atoms with Crippen LogP contribution in [0.3, 0.4) is 0 Å². The van der Waals surface area contributed by atoms with Gasteiger partial charge in [-0.15, -0.1) is 0 Å². The molecule has 2 heterocycles. The Kier molecular flexibility index (Phi) is 2.84. The topological polar surface area (TPSA) is 54.7 Å². The number of aliphatic imine (C=N–C) groups is 1. The maximum Gasteiger partial charge on any atom is 0.211 e. The van der Waals surface area contributed by atoms with Crippen LogP contribution in [0.25, 0.3) is 0 Å². The average Bonchev–Trinajstić information content (AvgIpc) is 2.38. The molecule has 0 saturated heterocycles. The smallest absolute Gasteiger partial charge is 0.211 e. The number of fused-ring (bicyclic) bond motifs is 1. The van der Waals surface area contributed by atoms with Gasteiger partial charge in [-0.05, 0) is 19.9 Å². The fraction of sp³-hybridized carbons (Fsp3) is 0.571. The molecule has 0 aromatic carbocycles. The van der Waals surface area contributed by atoms with Crippen molar-refractivity contribution >= 4 is 5.71 Å². The molecule has 0 saturated carbocycles. The number of hydrogen-bond acceptors (Lipinski definition) is 4. The minimum Gasteiger partial charge on any atom is -0.493 e. The molecule has 1 aromatic heterocycles. The van der Waals surface area contributed by atoms with Gasteiger partial charge in [-0.1, -0.05) is 20.8 Å². The van der Waals surface area contributed by atoms with Gasteiger partial charge in [0.2, 0.25) is 5.88 Å². The first kappa shape index (κ1) is 12.9. The van der Waals surface area contributed by atoms with E-state index in [0.29, 0.717) is 18.0 Å². The summed E-state index contributed by atoms with van der Waals surface area (Å²) in [4.78, 5) is 8.65. The molecule has 18 heavy (non-hydrogen) atoms. The Morgan fingerprint density at radius 2 is 2.00 bits per heavy atom. The van der Waals surface area contributed by atoms with Crippen LogP contribution < -0.4 is 4.74 Å². The van der Waals surface area contributed by atoms with E-state index in [4.69, 9.17) is 4.74 Å². The van der Waals surface area contributed by atoms with Crippen molar-refractivity contribution in [3.8, 4) is 11.6 Å². The van der Waals surface area contributed by atoms with Crippen LogP contribution in [-0.4, -0.2) is 27.9 Å². The summed E-state index contributed by atoms with van der Waals surface area (Å²) in [5.74, 6) is 0.676. The first-order valence-corrected chi connectivity index (χ1v) is 6.13. The van der Waals surface area contributed by atoms with Crippen LogP contribution in [0.1, 0.15) is 40.3 Å². The second kappa shape index (κ2) is 3.97. The summed E-state index contributed by atoms with van der Waals surface area (Å²) in [5, 5.41) is 9.47. The molecule has 1 atom stereocenters. The zero-order valence-electron chi connectivity index (χ0n) is 11.6. The third-order valence-electron chi connectivity index (χ3n) is 3.73. The van der Waals surface area contributed by atoms with Gasteiger partial charge in [-0.25, -0.2) is 4.98 Å². The second-order valence-corrected chi connectivity index (χ2v) is 6.00. The van der Waals surface area contributed by atoms with Crippen molar-refractivity contribution in [2.45, 2.75) is 40.2 Å². The molecule has 1 N–H and O–H groups in total. The zero-order valence-corrected chi connectivity index (χ0v) is 11.6. The van der Waals surface area contributed by atoms with E-state index >= 15 is 0 Å². The van der Waals surface area contributed by atoms with Crippen molar-refractivity contribution < 1.29 is 9.84 Å². The summed E-state index contributed by atoms with van der Waals surface area (Å²) in [6, 6.07) is 3.30. The first-order chi connectivity index (χ1) is 8.23. The van der Waals surface area contributed by atoms with Crippen molar-refractivity contribution in [1.82, 2.24) is 4.98 Å². The van der Waals surface area contributed by atoms with Crippen LogP contribution in [0.15, 0.2) is 17.1 Å². The van der Waals surface area contributed by atoms with Crippen LogP contribution in [0, 0.1) is 5.41 Å². The Hall–Kier alpha value is -1.58. The maximum absolute atomic E-state index is 9.47. The van der Waals surface area contributed by atoms with E-state index in [-0.39, 0.29) is 11.3 Å². The predicted octanol–water partition coefficient (Wildman–Crippen LogP) is 2.79. The summed E-state index contributed by atoms with van der Waals surface area (Å²) in [6.45, 7) is 10.9. The van der Waals surface area contributed by atoms with E-state index in [1.54, 1.807) is 12.1 Å².